The Balaban J connectivity index is 1.85. The number of anilines is 1. The van der Waals surface area contributed by atoms with Crippen LogP contribution in [0, 0.1) is 5.92 Å². The Bertz CT molecular complexity index is 424. The van der Waals surface area contributed by atoms with E-state index in [0.29, 0.717) is 13.1 Å². The van der Waals surface area contributed by atoms with Crippen molar-refractivity contribution in [2.24, 2.45) is 5.92 Å². The largest absolute Gasteiger partial charge is 0.357 e. The summed E-state index contributed by atoms with van der Waals surface area (Å²) in [5, 5.41) is 5.67. The molecule has 5 heteroatoms. The standard InChI is InChI=1S/C15H24N4O/c1-12-5-7-19(8-6-12)14-4-3-13(9-17-14)10-18-15(20)11-16-2/h3-4,9,12,16H,5-8,10-11H2,1-2H3,(H,18,20). The Morgan fingerprint density at radius 2 is 2.15 bits per heavy atom. The van der Waals surface area contributed by atoms with Crippen LogP contribution in [0.15, 0.2) is 18.3 Å². The number of piperidine rings is 1. The summed E-state index contributed by atoms with van der Waals surface area (Å²) in [6, 6.07) is 4.09. The van der Waals surface area contributed by atoms with Crippen molar-refractivity contribution in [3.05, 3.63) is 23.9 Å². The molecule has 1 fully saturated rings. The molecule has 0 bridgehead atoms. The van der Waals surface area contributed by atoms with E-state index in [-0.39, 0.29) is 5.91 Å². The van der Waals surface area contributed by atoms with Gasteiger partial charge in [-0.1, -0.05) is 13.0 Å². The van der Waals surface area contributed by atoms with E-state index in [2.05, 4.69) is 33.5 Å². The summed E-state index contributed by atoms with van der Waals surface area (Å²) >= 11 is 0. The van der Waals surface area contributed by atoms with Crippen LogP contribution in [0.2, 0.25) is 0 Å². The number of carbonyl (C=O) groups is 1. The Morgan fingerprint density at radius 3 is 2.75 bits per heavy atom. The van der Waals surface area contributed by atoms with Gasteiger partial charge >= 0.3 is 0 Å². The molecule has 1 aliphatic rings. The van der Waals surface area contributed by atoms with Gasteiger partial charge in [-0.15, -0.1) is 0 Å². The molecule has 0 atom stereocenters. The maximum absolute atomic E-state index is 11.4. The number of carbonyl (C=O) groups excluding carboxylic acids is 1. The molecule has 0 aliphatic carbocycles. The van der Waals surface area contributed by atoms with E-state index >= 15 is 0 Å². The second kappa shape index (κ2) is 7.24. The lowest BCUT2D eigenvalue weighted by atomic mass is 9.99. The summed E-state index contributed by atoms with van der Waals surface area (Å²) in [6.07, 6.45) is 4.33. The number of hydrogen-bond donors (Lipinski definition) is 2. The van der Waals surface area contributed by atoms with E-state index in [4.69, 9.17) is 0 Å². The predicted molar refractivity (Wildman–Crippen MR) is 80.6 cm³/mol. The van der Waals surface area contributed by atoms with Crippen molar-refractivity contribution < 1.29 is 4.79 Å². The van der Waals surface area contributed by atoms with Crippen LogP contribution in [0.4, 0.5) is 5.82 Å². The number of likely N-dealkylation sites (N-methyl/N-ethyl adjacent to an activating group) is 1. The molecule has 5 nitrogen and oxygen atoms in total. The van der Waals surface area contributed by atoms with Crippen LogP contribution < -0.4 is 15.5 Å². The third-order valence-corrected chi connectivity index (χ3v) is 3.74. The second-order valence-electron chi connectivity index (χ2n) is 5.50. The van der Waals surface area contributed by atoms with Gasteiger partial charge in [-0.2, -0.15) is 0 Å². The number of hydrogen-bond acceptors (Lipinski definition) is 4. The number of nitrogens with one attached hydrogen (secondary N) is 2. The van der Waals surface area contributed by atoms with E-state index in [0.717, 1.165) is 30.4 Å². The number of nitrogens with zero attached hydrogens (tertiary/aromatic N) is 2. The molecule has 2 rings (SSSR count). The van der Waals surface area contributed by atoms with Gasteiger partial charge in [0.2, 0.25) is 5.91 Å². The molecule has 1 saturated heterocycles. The first-order valence-corrected chi connectivity index (χ1v) is 7.30. The summed E-state index contributed by atoms with van der Waals surface area (Å²) in [5.41, 5.74) is 1.03. The molecule has 110 valence electrons. The van der Waals surface area contributed by atoms with Gasteiger partial charge in [0.1, 0.15) is 5.82 Å². The molecule has 20 heavy (non-hydrogen) atoms. The highest BCUT2D eigenvalue weighted by Gasteiger charge is 2.16. The summed E-state index contributed by atoms with van der Waals surface area (Å²) in [7, 11) is 1.76. The first kappa shape index (κ1) is 14.8. The fraction of sp³-hybridized carbons (Fsp3) is 0.600. The lowest BCUT2D eigenvalue weighted by Gasteiger charge is -2.31. The molecule has 1 aromatic heterocycles. The van der Waals surface area contributed by atoms with Crippen LogP contribution in [0.3, 0.4) is 0 Å². The van der Waals surface area contributed by atoms with Gasteiger partial charge in [-0.3, -0.25) is 4.79 Å². The molecule has 2 heterocycles. The molecule has 1 aliphatic heterocycles. The first-order chi connectivity index (χ1) is 9.69. The molecule has 0 aromatic carbocycles. The maximum atomic E-state index is 11.4. The highest BCUT2D eigenvalue weighted by molar-refractivity contribution is 5.77. The average Bonchev–Trinajstić information content (AvgIpc) is 2.47. The Labute approximate surface area is 120 Å². The smallest absolute Gasteiger partial charge is 0.234 e. The van der Waals surface area contributed by atoms with Crippen LogP contribution in [0.5, 0.6) is 0 Å². The second-order valence-corrected chi connectivity index (χ2v) is 5.50. The van der Waals surface area contributed by atoms with Crippen LogP contribution >= 0.6 is 0 Å². The van der Waals surface area contributed by atoms with Crippen LogP contribution in [-0.2, 0) is 11.3 Å². The van der Waals surface area contributed by atoms with Crippen molar-refractivity contribution in [3.8, 4) is 0 Å². The Kier molecular flexibility index (Phi) is 5.35. The quantitative estimate of drug-likeness (QED) is 0.847. The number of aromatic nitrogens is 1. The molecule has 0 saturated carbocycles. The predicted octanol–water partition coefficient (Wildman–Crippen LogP) is 1.15. The lowest BCUT2D eigenvalue weighted by Crippen LogP contribution is -2.33. The van der Waals surface area contributed by atoms with Crippen LogP contribution in [0.1, 0.15) is 25.3 Å². The van der Waals surface area contributed by atoms with Gasteiger partial charge in [-0.05, 0) is 37.4 Å². The Morgan fingerprint density at radius 1 is 1.40 bits per heavy atom. The lowest BCUT2D eigenvalue weighted by molar-refractivity contribution is -0.120. The van der Waals surface area contributed by atoms with E-state index in [1.807, 2.05) is 12.3 Å². The van der Waals surface area contributed by atoms with Gasteiger partial charge in [0, 0.05) is 25.8 Å². The first-order valence-electron chi connectivity index (χ1n) is 7.30. The zero-order valence-corrected chi connectivity index (χ0v) is 12.4. The van der Waals surface area contributed by atoms with Gasteiger partial charge in [0.05, 0.1) is 6.54 Å². The minimum atomic E-state index is 0.00148. The molecule has 2 N–H and O–H groups in total. The van der Waals surface area contributed by atoms with Crippen molar-refractivity contribution >= 4 is 11.7 Å². The fourth-order valence-corrected chi connectivity index (χ4v) is 2.37. The fourth-order valence-electron chi connectivity index (χ4n) is 2.37. The monoisotopic (exact) mass is 276 g/mol. The SMILES string of the molecule is CNCC(=O)NCc1ccc(N2CCC(C)CC2)nc1. The van der Waals surface area contributed by atoms with E-state index in [1.54, 1.807) is 7.05 Å². The Hall–Kier alpha value is -1.62. The van der Waals surface area contributed by atoms with Gasteiger partial charge in [0.25, 0.3) is 0 Å². The maximum Gasteiger partial charge on any atom is 0.234 e. The highest BCUT2D eigenvalue weighted by atomic mass is 16.1. The summed E-state index contributed by atoms with van der Waals surface area (Å²) in [5.74, 6) is 1.87. The number of rotatable bonds is 5. The van der Waals surface area contributed by atoms with E-state index in [9.17, 15) is 4.79 Å². The van der Waals surface area contributed by atoms with E-state index < -0.39 is 0 Å². The summed E-state index contributed by atoms with van der Waals surface area (Å²) in [4.78, 5) is 18.2. The molecular weight excluding hydrogens is 252 g/mol. The topological polar surface area (TPSA) is 57.3 Å². The molecule has 0 unspecified atom stereocenters. The third-order valence-electron chi connectivity index (χ3n) is 3.74. The average molecular weight is 276 g/mol. The molecular formula is C15H24N4O. The van der Waals surface area contributed by atoms with Crippen molar-refractivity contribution in [3.63, 3.8) is 0 Å². The van der Waals surface area contributed by atoms with Crippen molar-refractivity contribution in [2.75, 3.05) is 31.6 Å². The summed E-state index contributed by atoms with van der Waals surface area (Å²) in [6.45, 7) is 5.36. The van der Waals surface area contributed by atoms with Gasteiger partial charge in [-0.25, -0.2) is 4.98 Å². The minimum absolute atomic E-state index is 0.00148. The number of amides is 1. The third kappa shape index (κ3) is 4.20. The van der Waals surface area contributed by atoms with Crippen molar-refractivity contribution in [1.29, 1.82) is 0 Å². The highest BCUT2D eigenvalue weighted by Crippen LogP contribution is 2.21. The molecule has 0 radical (unpaired) electrons. The molecule has 1 aromatic rings. The van der Waals surface area contributed by atoms with Gasteiger partial charge in [0.15, 0.2) is 0 Å². The van der Waals surface area contributed by atoms with Crippen LogP contribution in [0.25, 0.3) is 0 Å². The normalized spacial score (nSPS) is 16.2. The minimum Gasteiger partial charge on any atom is -0.357 e. The number of pyridine rings is 1. The zero-order chi connectivity index (χ0) is 14.4. The van der Waals surface area contributed by atoms with Gasteiger partial charge < -0.3 is 15.5 Å². The molecule has 1 amide bonds. The molecule has 0 spiro atoms. The van der Waals surface area contributed by atoms with Crippen molar-refractivity contribution in [2.45, 2.75) is 26.3 Å². The van der Waals surface area contributed by atoms with E-state index in [1.165, 1.54) is 12.8 Å². The van der Waals surface area contributed by atoms with Crippen molar-refractivity contribution in [1.82, 2.24) is 15.6 Å². The van der Waals surface area contributed by atoms with Crippen LogP contribution in [-0.4, -0.2) is 37.6 Å². The zero-order valence-electron chi connectivity index (χ0n) is 12.4. The summed E-state index contributed by atoms with van der Waals surface area (Å²) < 4.78 is 0.